The average molecular weight is 583 g/mol. The van der Waals surface area contributed by atoms with E-state index in [4.69, 9.17) is 30.5 Å². The zero-order valence-corrected chi connectivity index (χ0v) is 23.3. The van der Waals surface area contributed by atoms with Gasteiger partial charge in [-0.1, -0.05) is 17.7 Å². The molecule has 0 amide bonds. The fourth-order valence-corrected chi connectivity index (χ4v) is 5.58. The first kappa shape index (κ1) is 28.0. The number of allylic oxidation sites excluding steroid dienone is 1. The van der Waals surface area contributed by atoms with Gasteiger partial charge in [0.2, 0.25) is 0 Å². The number of aromatic nitrogens is 2. The van der Waals surface area contributed by atoms with Crippen LogP contribution in [0, 0.1) is 11.7 Å². The molecule has 9 nitrogen and oxygen atoms in total. The summed E-state index contributed by atoms with van der Waals surface area (Å²) in [5, 5.41) is 3.90. The van der Waals surface area contributed by atoms with E-state index >= 15 is 0 Å². The molecule has 3 aliphatic rings. The van der Waals surface area contributed by atoms with Gasteiger partial charge in [-0.3, -0.25) is 9.69 Å². The highest BCUT2D eigenvalue weighted by atomic mass is 35.5. The number of ether oxygens (including phenoxy) is 4. The zero-order valence-electron chi connectivity index (χ0n) is 22.6. The Morgan fingerprint density at radius 1 is 1.15 bits per heavy atom. The van der Waals surface area contributed by atoms with Gasteiger partial charge in [-0.15, -0.1) is 0 Å². The number of anilines is 2. The van der Waals surface area contributed by atoms with Crippen LogP contribution in [0.5, 0.6) is 5.75 Å². The lowest BCUT2D eigenvalue weighted by molar-refractivity contribution is -0.116. The van der Waals surface area contributed by atoms with Crippen molar-refractivity contribution in [2.24, 2.45) is 5.92 Å². The Kier molecular flexibility index (Phi) is 8.73. The van der Waals surface area contributed by atoms with Crippen molar-refractivity contribution in [2.75, 3.05) is 58.0 Å². The molecule has 2 aromatic carbocycles. The Morgan fingerprint density at radius 2 is 1.98 bits per heavy atom. The summed E-state index contributed by atoms with van der Waals surface area (Å²) in [5.74, 6) is 0.880. The van der Waals surface area contributed by atoms with Gasteiger partial charge in [0, 0.05) is 61.3 Å². The van der Waals surface area contributed by atoms with Crippen LogP contribution >= 0.6 is 11.6 Å². The van der Waals surface area contributed by atoms with Crippen molar-refractivity contribution in [1.82, 2.24) is 14.9 Å². The fraction of sp³-hybridized carbons (Fsp3) is 0.433. The zero-order chi connectivity index (χ0) is 28.2. The Balaban J connectivity index is 1.20. The van der Waals surface area contributed by atoms with Crippen LogP contribution in [0.1, 0.15) is 12.0 Å². The van der Waals surface area contributed by atoms with Crippen molar-refractivity contribution >= 4 is 39.8 Å². The summed E-state index contributed by atoms with van der Waals surface area (Å²) >= 11 is 5.97. The first-order chi connectivity index (χ1) is 20.0. The van der Waals surface area contributed by atoms with Crippen molar-refractivity contribution in [3.8, 4) is 5.75 Å². The second-order valence-corrected chi connectivity index (χ2v) is 11.0. The second kappa shape index (κ2) is 12.8. The molecule has 3 aliphatic heterocycles. The highest BCUT2D eigenvalue weighted by Gasteiger charge is 2.35. The number of benzene rings is 2. The van der Waals surface area contributed by atoms with Gasteiger partial charge in [-0.2, -0.15) is 0 Å². The molecule has 3 saturated heterocycles. The van der Waals surface area contributed by atoms with Gasteiger partial charge in [-0.05, 0) is 36.8 Å². The maximum atomic E-state index is 13.7. The van der Waals surface area contributed by atoms with Crippen molar-refractivity contribution < 1.29 is 28.1 Å². The first-order valence-electron chi connectivity index (χ1n) is 13.9. The molecule has 3 aromatic rings. The number of carbonyl (C=O) groups is 1. The molecule has 41 heavy (non-hydrogen) atoms. The van der Waals surface area contributed by atoms with Crippen LogP contribution in [0.4, 0.5) is 15.9 Å². The lowest BCUT2D eigenvalue weighted by Crippen LogP contribution is -2.36. The monoisotopic (exact) mass is 582 g/mol. The summed E-state index contributed by atoms with van der Waals surface area (Å²) in [4.78, 5) is 24.2. The minimum absolute atomic E-state index is 0.00533. The van der Waals surface area contributed by atoms with Crippen molar-refractivity contribution in [1.29, 1.82) is 0 Å². The maximum Gasteiger partial charge on any atom is 0.159 e. The SMILES string of the molecule is O=C(/C=C/CN1C[C@@H]2OCCO[C@@H]2C1)Cc1cc2c(Nc3ccc(F)c(Cl)c3)ncnc2cc1OC[C@H]1CCOC1. The van der Waals surface area contributed by atoms with Gasteiger partial charge in [-0.25, -0.2) is 14.4 Å². The van der Waals surface area contributed by atoms with Gasteiger partial charge in [0.15, 0.2) is 5.78 Å². The average Bonchev–Trinajstić information content (AvgIpc) is 3.64. The largest absolute Gasteiger partial charge is 0.493 e. The topological polar surface area (TPSA) is 95.0 Å². The van der Waals surface area contributed by atoms with Gasteiger partial charge < -0.3 is 24.3 Å². The molecular formula is C30H32ClFN4O5. The van der Waals surface area contributed by atoms with E-state index in [-0.39, 0.29) is 29.4 Å². The molecule has 0 radical (unpaired) electrons. The van der Waals surface area contributed by atoms with Crippen LogP contribution in [0.15, 0.2) is 48.8 Å². The Morgan fingerprint density at radius 3 is 2.73 bits per heavy atom. The molecule has 3 fully saturated rings. The number of rotatable bonds is 10. The van der Waals surface area contributed by atoms with E-state index in [2.05, 4.69) is 20.2 Å². The molecule has 4 heterocycles. The molecule has 3 atom stereocenters. The van der Waals surface area contributed by atoms with E-state index in [1.807, 2.05) is 18.2 Å². The van der Waals surface area contributed by atoms with Gasteiger partial charge in [0.25, 0.3) is 0 Å². The summed E-state index contributed by atoms with van der Waals surface area (Å²) in [6.07, 6.45) is 6.27. The summed E-state index contributed by atoms with van der Waals surface area (Å²) in [5.41, 5.74) is 1.96. The number of carbonyl (C=O) groups excluding carboxylic acids is 1. The highest BCUT2D eigenvalue weighted by Crippen LogP contribution is 2.32. The molecule has 0 aliphatic carbocycles. The third-order valence-corrected chi connectivity index (χ3v) is 7.86. The number of halogens is 2. The second-order valence-electron chi connectivity index (χ2n) is 10.6. The van der Waals surface area contributed by atoms with Crippen molar-refractivity contribution in [3.05, 3.63) is 65.2 Å². The summed E-state index contributed by atoms with van der Waals surface area (Å²) in [6, 6.07) is 8.09. The number of likely N-dealkylation sites (tertiary alicyclic amines) is 1. The molecule has 1 N–H and O–H groups in total. The molecule has 216 valence electrons. The summed E-state index contributed by atoms with van der Waals surface area (Å²) < 4.78 is 37.0. The summed E-state index contributed by atoms with van der Waals surface area (Å²) in [6.45, 7) is 5.40. The van der Waals surface area contributed by atoms with Crippen LogP contribution in [0.3, 0.4) is 0 Å². The molecule has 0 bridgehead atoms. The smallest absolute Gasteiger partial charge is 0.159 e. The standard InChI is InChI=1S/C30H32ClFN4O5/c31-24-12-21(3-4-25(24)32)35-30-23-11-20(27(13-26(23)33-18-34-30)41-17-19-5-7-38-16-19)10-22(37)2-1-6-36-14-28-29(15-36)40-9-8-39-28/h1-4,11-13,18-19,28-29H,5-10,14-17H2,(H,33,34,35)/b2-1+/t19-,28-,29+/m0/s1. The molecule has 0 unspecified atom stereocenters. The number of hydrogen-bond donors (Lipinski definition) is 1. The van der Waals surface area contributed by atoms with Crippen LogP contribution in [0.2, 0.25) is 5.02 Å². The van der Waals surface area contributed by atoms with E-state index in [0.29, 0.717) is 67.0 Å². The Hall–Kier alpha value is -3.15. The third kappa shape index (κ3) is 6.85. The maximum absolute atomic E-state index is 13.7. The van der Waals surface area contributed by atoms with E-state index < -0.39 is 5.82 Å². The normalized spacial score (nSPS) is 22.8. The molecule has 6 rings (SSSR count). The van der Waals surface area contributed by atoms with E-state index in [1.165, 1.54) is 18.5 Å². The van der Waals surface area contributed by atoms with E-state index in [9.17, 15) is 9.18 Å². The molecule has 0 saturated carbocycles. The summed E-state index contributed by atoms with van der Waals surface area (Å²) in [7, 11) is 0. The number of nitrogens with one attached hydrogen (secondary N) is 1. The van der Waals surface area contributed by atoms with Crippen LogP contribution in [-0.2, 0) is 25.4 Å². The quantitative estimate of drug-likeness (QED) is 0.350. The highest BCUT2D eigenvalue weighted by molar-refractivity contribution is 6.31. The minimum atomic E-state index is -0.502. The Bertz CT molecular complexity index is 1420. The van der Waals surface area contributed by atoms with E-state index in [1.54, 1.807) is 12.1 Å². The number of ketones is 1. The molecule has 0 spiro atoms. The fourth-order valence-electron chi connectivity index (χ4n) is 5.40. The van der Waals surface area contributed by atoms with Crippen molar-refractivity contribution in [2.45, 2.75) is 25.0 Å². The van der Waals surface area contributed by atoms with Gasteiger partial charge in [0.1, 0.15) is 23.7 Å². The van der Waals surface area contributed by atoms with Crippen molar-refractivity contribution in [3.63, 3.8) is 0 Å². The van der Waals surface area contributed by atoms with E-state index in [0.717, 1.165) is 31.7 Å². The molecule has 1 aromatic heterocycles. The number of fused-ring (bicyclic) bond motifs is 2. The molecule has 11 heteroatoms. The van der Waals surface area contributed by atoms with Gasteiger partial charge in [0.05, 0.1) is 49.2 Å². The lowest BCUT2D eigenvalue weighted by atomic mass is 10.0. The number of nitrogens with zero attached hydrogens (tertiary/aromatic N) is 3. The molecular weight excluding hydrogens is 551 g/mol. The predicted molar refractivity (Wildman–Crippen MR) is 152 cm³/mol. The van der Waals surface area contributed by atoms with Crippen LogP contribution in [-0.4, -0.2) is 85.5 Å². The van der Waals surface area contributed by atoms with Crippen LogP contribution in [0.25, 0.3) is 10.9 Å². The van der Waals surface area contributed by atoms with Crippen LogP contribution < -0.4 is 10.1 Å². The van der Waals surface area contributed by atoms with Gasteiger partial charge >= 0.3 is 0 Å². The Labute approximate surface area is 242 Å². The lowest BCUT2D eigenvalue weighted by Gasteiger charge is -2.24. The first-order valence-corrected chi connectivity index (χ1v) is 14.2. The minimum Gasteiger partial charge on any atom is -0.493 e. The predicted octanol–water partition coefficient (Wildman–Crippen LogP) is 4.35. The third-order valence-electron chi connectivity index (χ3n) is 7.57. The number of hydrogen-bond acceptors (Lipinski definition) is 9.